The highest BCUT2D eigenvalue weighted by atomic mass is 19.4. The second kappa shape index (κ2) is 12.9. The molecule has 1 heterocycles. The number of ether oxygens (including phenoxy) is 2. The Hall–Kier alpha value is -3.25. The maximum atomic E-state index is 14.9. The van der Waals surface area contributed by atoms with Crippen LogP contribution in [0.2, 0.25) is 0 Å². The summed E-state index contributed by atoms with van der Waals surface area (Å²) in [6, 6.07) is 0.411. The van der Waals surface area contributed by atoms with Crippen LogP contribution in [-0.4, -0.2) is 22.4 Å². The van der Waals surface area contributed by atoms with Gasteiger partial charge in [0.2, 0.25) is 5.75 Å². The molecule has 0 saturated heterocycles. The molecular weight excluding hydrogens is 579 g/mol. The van der Waals surface area contributed by atoms with Crippen molar-refractivity contribution in [3.8, 4) is 11.5 Å². The molecule has 1 aromatic heterocycles. The number of allylic oxidation sites excluding steroid dienone is 3. The van der Waals surface area contributed by atoms with Gasteiger partial charge in [-0.3, -0.25) is 0 Å². The Bertz CT molecular complexity index is 1280. The molecule has 0 bridgehead atoms. The number of aromatic nitrogens is 2. The summed E-state index contributed by atoms with van der Waals surface area (Å²) in [5.41, 5.74) is 1.81. The van der Waals surface area contributed by atoms with Crippen LogP contribution in [0.1, 0.15) is 69.7 Å². The Morgan fingerprint density at radius 1 is 0.905 bits per heavy atom. The molecule has 2 aliphatic carbocycles. The molecule has 42 heavy (non-hydrogen) atoms. The van der Waals surface area contributed by atoms with E-state index in [2.05, 4.69) is 19.4 Å². The maximum Gasteiger partial charge on any atom is 0.573 e. The third kappa shape index (κ3) is 7.77. The molecule has 0 N–H and O–H groups in total. The number of rotatable bonds is 9. The van der Waals surface area contributed by atoms with Crippen LogP contribution < -0.4 is 9.47 Å². The number of benzene rings is 1. The lowest BCUT2D eigenvalue weighted by molar-refractivity contribution is -0.276. The van der Waals surface area contributed by atoms with E-state index >= 15 is 0 Å². The highest BCUT2D eigenvalue weighted by Crippen LogP contribution is 2.45. The van der Waals surface area contributed by atoms with Crippen LogP contribution in [0, 0.1) is 29.4 Å². The van der Waals surface area contributed by atoms with Gasteiger partial charge in [0.15, 0.2) is 23.3 Å². The highest BCUT2D eigenvalue weighted by molar-refractivity contribution is 5.54. The predicted octanol–water partition coefficient (Wildman–Crippen LogP) is 9.42. The number of hydrogen-bond donors (Lipinski definition) is 0. The van der Waals surface area contributed by atoms with Crippen LogP contribution in [0.15, 0.2) is 42.0 Å². The lowest BCUT2D eigenvalue weighted by Gasteiger charge is -2.35. The Balaban J connectivity index is 1.33. The van der Waals surface area contributed by atoms with E-state index in [-0.39, 0.29) is 43.1 Å². The summed E-state index contributed by atoms with van der Waals surface area (Å²) in [4.78, 5) is 7.85. The van der Waals surface area contributed by atoms with E-state index in [1.54, 1.807) is 0 Å². The van der Waals surface area contributed by atoms with E-state index in [4.69, 9.17) is 0 Å². The van der Waals surface area contributed by atoms with Crippen molar-refractivity contribution in [1.82, 2.24) is 9.97 Å². The Morgan fingerprint density at radius 3 is 2.05 bits per heavy atom. The van der Waals surface area contributed by atoms with Gasteiger partial charge in [-0.05, 0) is 62.8 Å². The molecule has 13 heteroatoms. The van der Waals surface area contributed by atoms with Crippen molar-refractivity contribution in [3.05, 3.63) is 65.0 Å². The largest absolute Gasteiger partial charge is 0.573 e. The minimum absolute atomic E-state index is 0.00687. The SMILES string of the molecule is CCCc1cnc(/C(F)=C(\F)C2CC=C(C3CCC(C(F)(F)Oc4cc(F)c(OC(F)(F)F)c(F)c4)CC3)CC2)nc1. The van der Waals surface area contributed by atoms with Crippen molar-refractivity contribution in [3.63, 3.8) is 0 Å². The summed E-state index contributed by atoms with van der Waals surface area (Å²) < 4.78 is 132. The summed E-state index contributed by atoms with van der Waals surface area (Å²) in [5, 5.41) is 0. The van der Waals surface area contributed by atoms with Crippen molar-refractivity contribution in [2.24, 2.45) is 17.8 Å². The lowest BCUT2D eigenvalue weighted by Crippen LogP contribution is -2.37. The zero-order chi connectivity index (χ0) is 30.7. The van der Waals surface area contributed by atoms with Crippen LogP contribution in [0.3, 0.4) is 0 Å². The Labute approximate surface area is 236 Å². The minimum atomic E-state index is -5.38. The number of alkyl halides is 5. The van der Waals surface area contributed by atoms with E-state index in [0.29, 0.717) is 25.7 Å². The molecule has 0 radical (unpaired) electrons. The first kappa shape index (κ1) is 31.7. The van der Waals surface area contributed by atoms with Crippen molar-refractivity contribution in [2.45, 2.75) is 77.2 Å². The van der Waals surface area contributed by atoms with Gasteiger partial charge in [-0.2, -0.15) is 13.2 Å². The Kier molecular flexibility index (Phi) is 9.77. The van der Waals surface area contributed by atoms with E-state index in [1.165, 1.54) is 12.4 Å². The van der Waals surface area contributed by atoms with Gasteiger partial charge >= 0.3 is 12.5 Å². The van der Waals surface area contributed by atoms with Crippen LogP contribution in [0.25, 0.3) is 5.83 Å². The number of aryl methyl sites for hydroxylation is 1. The van der Waals surface area contributed by atoms with Crippen LogP contribution in [0.4, 0.5) is 39.5 Å². The first-order valence-electron chi connectivity index (χ1n) is 13.6. The van der Waals surface area contributed by atoms with Crippen LogP contribution >= 0.6 is 0 Å². The third-order valence-electron chi connectivity index (χ3n) is 7.62. The van der Waals surface area contributed by atoms with Gasteiger partial charge < -0.3 is 9.47 Å². The van der Waals surface area contributed by atoms with Gasteiger partial charge in [-0.15, -0.1) is 13.2 Å². The predicted molar refractivity (Wildman–Crippen MR) is 135 cm³/mol. The second-order valence-corrected chi connectivity index (χ2v) is 10.6. The lowest BCUT2D eigenvalue weighted by atomic mass is 9.74. The third-order valence-corrected chi connectivity index (χ3v) is 7.62. The molecule has 230 valence electrons. The first-order valence-corrected chi connectivity index (χ1v) is 13.6. The van der Waals surface area contributed by atoms with Gasteiger partial charge in [0, 0.05) is 30.4 Å². The molecule has 2 aromatic rings. The van der Waals surface area contributed by atoms with E-state index in [9.17, 15) is 39.5 Å². The second-order valence-electron chi connectivity index (χ2n) is 10.6. The normalized spacial score (nSPS) is 22.3. The molecule has 1 atom stereocenters. The summed E-state index contributed by atoms with van der Waals surface area (Å²) >= 11 is 0. The summed E-state index contributed by atoms with van der Waals surface area (Å²) in [5.74, 6) is -10.8. The van der Waals surface area contributed by atoms with Crippen molar-refractivity contribution >= 4 is 5.83 Å². The van der Waals surface area contributed by atoms with Gasteiger partial charge in [0.1, 0.15) is 11.6 Å². The quantitative estimate of drug-likeness (QED) is 0.210. The molecule has 4 nitrogen and oxygen atoms in total. The highest BCUT2D eigenvalue weighted by Gasteiger charge is 2.45. The molecule has 1 saturated carbocycles. The fraction of sp³-hybridized carbons (Fsp3) is 0.517. The van der Waals surface area contributed by atoms with Crippen molar-refractivity contribution in [1.29, 1.82) is 0 Å². The van der Waals surface area contributed by atoms with Gasteiger partial charge in [0.25, 0.3) is 0 Å². The monoisotopic (exact) mass is 608 g/mol. The van der Waals surface area contributed by atoms with E-state index in [1.807, 2.05) is 13.0 Å². The first-order chi connectivity index (χ1) is 19.8. The zero-order valence-electron chi connectivity index (χ0n) is 22.6. The van der Waals surface area contributed by atoms with E-state index < -0.39 is 59.1 Å². The van der Waals surface area contributed by atoms with Crippen molar-refractivity contribution in [2.75, 3.05) is 0 Å². The maximum absolute atomic E-state index is 14.9. The molecule has 2 aliphatic rings. The van der Waals surface area contributed by atoms with Crippen LogP contribution in [0.5, 0.6) is 11.5 Å². The van der Waals surface area contributed by atoms with E-state index in [0.717, 1.165) is 24.0 Å². The number of hydrogen-bond acceptors (Lipinski definition) is 4. The topological polar surface area (TPSA) is 44.2 Å². The standard InChI is InChI=1S/C29H29F9N2O2/c1-2-3-16-14-39-27(40-15-16)25(33)24(32)19-6-4-17(5-7-19)18-8-10-20(11-9-18)28(34,35)41-21-12-22(30)26(23(31)13-21)42-29(36,37)38/h4,12-15,18-20H,2-3,5-11H2,1H3/b25-24+. The molecule has 1 fully saturated rings. The minimum Gasteiger partial charge on any atom is -0.432 e. The summed E-state index contributed by atoms with van der Waals surface area (Å²) in [7, 11) is 0. The average molecular weight is 609 g/mol. The van der Waals surface area contributed by atoms with Gasteiger partial charge in [-0.25, -0.2) is 23.1 Å². The Morgan fingerprint density at radius 2 is 1.52 bits per heavy atom. The fourth-order valence-electron chi connectivity index (χ4n) is 5.48. The molecule has 0 aliphatic heterocycles. The number of halogens is 9. The molecule has 4 rings (SSSR count). The zero-order valence-corrected chi connectivity index (χ0v) is 22.6. The molecule has 0 spiro atoms. The van der Waals surface area contributed by atoms with Crippen molar-refractivity contribution < 1.29 is 49.0 Å². The number of nitrogens with zero attached hydrogens (tertiary/aromatic N) is 2. The average Bonchev–Trinajstić information content (AvgIpc) is 2.94. The van der Waals surface area contributed by atoms with Gasteiger partial charge in [0.05, 0.1) is 5.92 Å². The van der Waals surface area contributed by atoms with Crippen LogP contribution in [-0.2, 0) is 6.42 Å². The smallest absolute Gasteiger partial charge is 0.432 e. The molecule has 0 amide bonds. The summed E-state index contributed by atoms with van der Waals surface area (Å²) in [6.07, 6.45) is -1.08. The molecule has 1 aromatic carbocycles. The fourth-order valence-corrected chi connectivity index (χ4v) is 5.48. The van der Waals surface area contributed by atoms with Gasteiger partial charge in [-0.1, -0.05) is 25.0 Å². The molecular formula is C29H29F9N2O2. The molecule has 1 unspecified atom stereocenters. The summed E-state index contributed by atoms with van der Waals surface area (Å²) in [6.45, 7) is 1.98.